The Labute approximate surface area is 142 Å². The molecule has 0 saturated heterocycles. The Morgan fingerprint density at radius 3 is 2.10 bits per heavy atom. The van der Waals surface area contributed by atoms with Crippen molar-refractivity contribution < 1.29 is 0 Å². The zero-order valence-corrected chi connectivity index (χ0v) is 15.5. The van der Waals surface area contributed by atoms with Gasteiger partial charge in [-0.3, -0.25) is 0 Å². The van der Waals surface area contributed by atoms with Gasteiger partial charge >= 0.3 is 0 Å². The van der Waals surface area contributed by atoms with Crippen LogP contribution in [-0.2, 0) is 10.8 Å². The van der Waals surface area contributed by atoms with Crippen LogP contribution in [0.1, 0.15) is 51.7 Å². The van der Waals surface area contributed by atoms with Crippen LogP contribution in [0.2, 0.25) is 0 Å². The van der Waals surface area contributed by atoms with E-state index in [1.54, 1.807) is 11.1 Å². The van der Waals surface area contributed by atoms with E-state index in [0.717, 1.165) is 0 Å². The molecule has 0 N–H and O–H groups in total. The smallest absolute Gasteiger partial charge is 0.0249 e. The zero-order valence-electron chi connectivity index (χ0n) is 13.3. The Morgan fingerprint density at radius 1 is 0.810 bits per heavy atom. The van der Waals surface area contributed by atoms with Crippen LogP contribution in [0.4, 0.5) is 0 Å². The summed E-state index contributed by atoms with van der Waals surface area (Å²) < 4.78 is 1.44. The van der Waals surface area contributed by atoms with E-state index in [1.807, 2.05) is 0 Å². The first-order chi connectivity index (χ1) is 9.83. The van der Waals surface area contributed by atoms with Gasteiger partial charge in [0, 0.05) is 3.57 Å². The number of halogens is 1. The molecule has 0 aromatic heterocycles. The molecule has 110 valence electrons. The van der Waals surface area contributed by atoms with Crippen LogP contribution in [0.3, 0.4) is 0 Å². The van der Waals surface area contributed by atoms with E-state index in [1.165, 1.54) is 27.5 Å². The summed E-state index contributed by atoms with van der Waals surface area (Å²) in [5.74, 6) is 0. The van der Waals surface area contributed by atoms with Crippen LogP contribution in [0, 0.1) is 3.57 Å². The average Bonchev–Trinajstić information content (AvgIpc) is 2.44. The molecule has 2 aromatic carbocycles. The summed E-state index contributed by atoms with van der Waals surface area (Å²) in [6.45, 7) is 9.58. The molecule has 3 rings (SSSR count). The maximum Gasteiger partial charge on any atom is 0.0249 e. The number of hydrogen-bond acceptors (Lipinski definition) is 0. The summed E-state index contributed by atoms with van der Waals surface area (Å²) in [6.07, 6.45) is 2.54. The van der Waals surface area contributed by atoms with Gasteiger partial charge in [0.1, 0.15) is 0 Å². The SMILES string of the molecule is CC1(C)CCC(C)(C)c2c1ccc(-c1ccccc1)c2I. The molecule has 1 aliphatic carbocycles. The minimum atomic E-state index is 0.270. The third kappa shape index (κ3) is 2.54. The van der Waals surface area contributed by atoms with Crippen molar-refractivity contribution >= 4 is 22.6 Å². The maximum atomic E-state index is 2.57. The highest BCUT2D eigenvalue weighted by atomic mass is 127. The zero-order chi connectivity index (χ0) is 15.3. The highest BCUT2D eigenvalue weighted by Crippen LogP contribution is 2.49. The average molecular weight is 390 g/mol. The normalized spacial score (nSPS) is 19.1. The lowest BCUT2D eigenvalue weighted by Gasteiger charge is -2.43. The second-order valence-electron chi connectivity index (χ2n) is 7.48. The topological polar surface area (TPSA) is 0 Å². The molecule has 1 aliphatic rings. The van der Waals surface area contributed by atoms with Crippen molar-refractivity contribution in [2.75, 3.05) is 0 Å². The van der Waals surface area contributed by atoms with Crippen molar-refractivity contribution in [2.24, 2.45) is 0 Å². The summed E-state index contributed by atoms with van der Waals surface area (Å²) in [4.78, 5) is 0. The predicted molar refractivity (Wildman–Crippen MR) is 99.9 cm³/mol. The molecular formula is C20H23I. The molecule has 0 fully saturated rings. The van der Waals surface area contributed by atoms with Crippen molar-refractivity contribution in [3.8, 4) is 11.1 Å². The van der Waals surface area contributed by atoms with E-state index < -0.39 is 0 Å². The molecule has 0 nitrogen and oxygen atoms in total. The Kier molecular flexibility index (Phi) is 3.67. The van der Waals surface area contributed by atoms with Gasteiger partial charge in [-0.05, 0) is 68.5 Å². The van der Waals surface area contributed by atoms with Crippen molar-refractivity contribution in [3.05, 3.63) is 57.2 Å². The second-order valence-corrected chi connectivity index (χ2v) is 8.56. The van der Waals surface area contributed by atoms with Gasteiger partial charge < -0.3 is 0 Å². The van der Waals surface area contributed by atoms with E-state index >= 15 is 0 Å². The van der Waals surface area contributed by atoms with E-state index in [4.69, 9.17) is 0 Å². The Balaban J connectivity index is 2.26. The molecule has 21 heavy (non-hydrogen) atoms. The van der Waals surface area contributed by atoms with Gasteiger partial charge in [0.05, 0.1) is 0 Å². The fraction of sp³-hybridized carbons (Fsp3) is 0.400. The maximum absolute atomic E-state index is 2.57. The van der Waals surface area contributed by atoms with Crippen molar-refractivity contribution in [1.29, 1.82) is 0 Å². The molecule has 2 aromatic rings. The minimum absolute atomic E-state index is 0.270. The monoisotopic (exact) mass is 390 g/mol. The highest BCUT2D eigenvalue weighted by molar-refractivity contribution is 14.1. The lowest BCUT2D eigenvalue weighted by molar-refractivity contribution is 0.330. The molecule has 0 amide bonds. The molecule has 0 bridgehead atoms. The summed E-state index contributed by atoms with van der Waals surface area (Å²) in [6, 6.07) is 15.5. The first-order valence-corrected chi connectivity index (χ1v) is 8.80. The fourth-order valence-corrected chi connectivity index (χ4v) is 5.04. The molecule has 0 saturated carbocycles. The van der Waals surface area contributed by atoms with Gasteiger partial charge in [-0.15, -0.1) is 0 Å². The third-order valence-electron chi connectivity index (χ3n) is 5.01. The van der Waals surface area contributed by atoms with Gasteiger partial charge in [-0.25, -0.2) is 0 Å². The molecule has 0 aliphatic heterocycles. The Hall–Kier alpha value is -0.830. The molecule has 1 heteroatoms. The van der Waals surface area contributed by atoms with Crippen molar-refractivity contribution in [3.63, 3.8) is 0 Å². The van der Waals surface area contributed by atoms with Crippen LogP contribution in [0.25, 0.3) is 11.1 Å². The molecule has 0 heterocycles. The van der Waals surface area contributed by atoms with Crippen molar-refractivity contribution in [2.45, 2.75) is 51.4 Å². The van der Waals surface area contributed by atoms with Gasteiger partial charge in [0.15, 0.2) is 0 Å². The van der Waals surface area contributed by atoms with Crippen LogP contribution < -0.4 is 0 Å². The van der Waals surface area contributed by atoms with Crippen LogP contribution in [-0.4, -0.2) is 0 Å². The van der Waals surface area contributed by atoms with Crippen molar-refractivity contribution in [1.82, 2.24) is 0 Å². The summed E-state index contributed by atoms with van der Waals surface area (Å²) >= 11 is 2.57. The van der Waals surface area contributed by atoms with Gasteiger partial charge in [0.25, 0.3) is 0 Å². The summed E-state index contributed by atoms with van der Waals surface area (Å²) in [5.41, 5.74) is 6.37. The second kappa shape index (κ2) is 5.12. The van der Waals surface area contributed by atoms with Gasteiger partial charge in [-0.1, -0.05) is 70.2 Å². The van der Waals surface area contributed by atoms with E-state index in [2.05, 4.69) is 92.8 Å². The lowest BCUT2D eigenvalue weighted by Crippen LogP contribution is -2.34. The number of benzene rings is 2. The standard InChI is InChI=1S/C20H23I/c1-19(2)12-13-20(3,4)17-16(19)11-10-15(18(17)21)14-8-6-5-7-9-14/h5-11H,12-13H2,1-4H3. The molecule has 0 spiro atoms. The minimum Gasteiger partial charge on any atom is -0.0622 e. The van der Waals surface area contributed by atoms with Crippen LogP contribution >= 0.6 is 22.6 Å². The first-order valence-electron chi connectivity index (χ1n) is 7.72. The molecule has 0 radical (unpaired) electrons. The number of fused-ring (bicyclic) bond motifs is 1. The van der Waals surface area contributed by atoms with E-state index in [9.17, 15) is 0 Å². The largest absolute Gasteiger partial charge is 0.0622 e. The van der Waals surface area contributed by atoms with E-state index in [-0.39, 0.29) is 5.41 Å². The summed E-state index contributed by atoms with van der Waals surface area (Å²) in [7, 11) is 0. The van der Waals surface area contributed by atoms with Gasteiger partial charge in [-0.2, -0.15) is 0 Å². The fourth-order valence-electron chi connectivity index (χ4n) is 3.53. The van der Waals surface area contributed by atoms with Gasteiger partial charge in [0.2, 0.25) is 0 Å². The number of hydrogen-bond donors (Lipinski definition) is 0. The van der Waals surface area contributed by atoms with E-state index in [0.29, 0.717) is 5.41 Å². The highest BCUT2D eigenvalue weighted by Gasteiger charge is 2.38. The Morgan fingerprint density at radius 2 is 1.43 bits per heavy atom. The first kappa shape index (κ1) is 15.1. The Bertz CT molecular complexity index is 666. The lowest BCUT2D eigenvalue weighted by atomic mass is 9.63. The quantitative estimate of drug-likeness (QED) is 0.501. The number of rotatable bonds is 1. The molecular weight excluding hydrogens is 367 g/mol. The van der Waals surface area contributed by atoms with Crippen LogP contribution in [0.5, 0.6) is 0 Å². The third-order valence-corrected chi connectivity index (χ3v) is 6.13. The predicted octanol–water partition coefficient (Wildman–Crippen LogP) is 6.31. The molecule has 0 atom stereocenters. The summed E-state index contributed by atoms with van der Waals surface area (Å²) in [5, 5.41) is 0. The van der Waals surface area contributed by atoms with Crippen LogP contribution in [0.15, 0.2) is 42.5 Å². The molecule has 0 unspecified atom stereocenters.